The van der Waals surface area contributed by atoms with Crippen LogP contribution in [0.25, 0.3) is 0 Å². The standard InChI is InChI=1S/C8H8O9/c9-2-1-7(3(10)11,4(12)13)8(2,5(14)15)6(16)17/h2,9H,1H2,(H,10,11)(H,12,13)(H,14,15)(H,16,17). The monoisotopic (exact) mass is 248 g/mol. The number of carboxylic acids is 4. The first-order chi connectivity index (χ1) is 7.65. The summed E-state index contributed by atoms with van der Waals surface area (Å²) in [6, 6.07) is 0. The lowest BCUT2D eigenvalue weighted by atomic mass is 9.47. The van der Waals surface area contributed by atoms with Crippen LogP contribution in [0, 0.1) is 10.8 Å². The maximum atomic E-state index is 10.9. The third-order valence-electron chi connectivity index (χ3n) is 3.08. The van der Waals surface area contributed by atoms with E-state index in [0.29, 0.717) is 0 Å². The van der Waals surface area contributed by atoms with Crippen LogP contribution >= 0.6 is 0 Å². The Hall–Kier alpha value is -2.16. The first kappa shape index (κ1) is 12.9. The van der Waals surface area contributed by atoms with Crippen LogP contribution in [0.15, 0.2) is 0 Å². The van der Waals surface area contributed by atoms with Crippen LogP contribution in [0.3, 0.4) is 0 Å². The zero-order valence-corrected chi connectivity index (χ0v) is 8.15. The molecule has 5 N–H and O–H groups in total. The predicted octanol–water partition coefficient (Wildman–Crippen LogP) is -1.94. The average Bonchev–Trinajstić information content (AvgIpc) is 2.10. The van der Waals surface area contributed by atoms with Crippen molar-refractivity contribution in [2.24, 2.45) is 10.8 Å². The molecule has 94 valence electrons. The molecule has 1 unspecified atom stereocenters. The molecular formula is C8H8O9. The molecule has 0 aromatic heterocycles. The van der Waals surface area contributed by atoms with Crippen molar-refractivity contribution in [3.63, 3.8) is 0 Å². The molecule has 1 rings (SSSR count). The summed E-state index contributed by atoms with van der Waals surface area (Å²) >= 11 is 0. The highest BCUT2D eigenvalue weighted by Gasteiger charge is 2.82. The zero-order valence-electron chi connectivity index (χ0n) is 8.15. The van der Waals surface area contributed by atoms with Crippen molar-refractivity contribution in [2.45, 2.75) is 12.5 Å². The van der Waals surface area contributed by atoms with E-state index >= 15 is 0 Å². The minimum atomic E-state index is -3.27. The molecule has 1 aliphatic carbocycles. The lowest BCUT2D eigenvalue weighted by molar-refractivity contribution is -0.235. The second-order valence-electron chi connectivity index (χ2n) is 3.65. The fourth-order valence-corrected chi connectivity index (χ4v) is 2.10. The SMILES string of the molecule is O=C(O)C1(C(=O)O)CC(O)C1(C(=O)O)C(=O)O. The Balaban J connectivity index is 3.55. The third kappa shape index (κ3) is 1.11. The minimum absolute atomic E-state index is 0.976. The van der Waals surface area contributed by atoms with Gasteiger partial charge in [0.1, 0.15) is 0 Å². The normalized spacial score (nSPS) is 24.4. The van der Waals surface area contributed by atoms with Crippen molar-refractivity contribution in [2.75, 3.05) is 0 Å². The van der Waals surface area contributed by atoms with Crippen LogP contribution in [0.1, 0.15) is 6.42 Å². The number of hydrogen-bond donors (Lipinski definition) is 5. The van der Waals surface area contributed by atoms with Crippen LogP contribution in [-0.4, -0.2) is 55.5 Å². The molecule has 0 saturated heterocycles. The van der Waals surface area contributed by atoms with Crippen molar-refractivity contribution in [3.8, 4) is 0 Å². The first-order valence-corrected chi connectivity index (χ1v) is 4.27. The Bertz CT molecular complexity index is 395. The Labute approximate surface area is 92.9 Å². The molecule has 0 aromatic rings. The number of carbonyl (C=O) groups is 4. The molecule has 0 aliphatic heterocycles. The highest BCUT2D eigenvalue weighted by atomic mass is 16.4. The van der Waals surface area contributed by atoms with Gasteiger partial charge in [0.15, 0.2) is 5.41 Å². The summed E-state index contributed by atoms with van der Waals surface area (Å²) in [5, 5.41) is 44.4. The van der Waals surface area contributed by atoms with E-state index in [0.717, 1.165) is 0 Å². The van der Waals surface area contributed by atoms with E-state index in [1.165, 1.54) is 0 Å². The van der Waals surface area contributed by atoms with Crippen LogP contribution in [0.5, 0.6) is 0 Å². The maximum absolute atomic E-state index is 10.9. The van der Waals surface area contributed by atoms with Gasteiger partial charge >= 0.3 is 23.9 Å². The van der Waals surface area contributed by atoms with Crippen LogP contribution in [0.4, 0.5) is 0 Å². The first-order valence-electron chi connectivity index (χ1n) is 4.27. The summed E-state index contributed by atoms with van der Waals surface area (Å²) in [7, 11) is 0. The van der Waals surface area contributed by atoms with Crippen molar-refractivity contribution in [1.82, 2.24) is 0 Å². The van der Waals surface area contributed by atoms with Gasteiger partial charge in [-0.25, -0.2) is 0 Å². The Morgan fingerprint density at radius 1 is 0.824 bits per heavy atom. The molecule has 0 radical (unpaired) electrons. The van der Waals surface area contributed by atoms with E-state index < -0.39 is 47.2 Å². The highest BCUT2D eigenvalue weighted by molar-refractivity contribution is 6.15. The molecule has 0 bridgehead atoms. The van der Waals surface area contributed by atoms with E-state index in [1.807, 2.05) is 0 Å². The fourth-order valence-electron chi connectivity index (χ4n) is 2.10. The van der Waals surface area contributed by atoms with E-state index in [9.17, 15) is 24.3 Å². The quantitative estimate of drug-likeness (QED) is 0.355. The summed E-state index contributed by atoms with van der Waals surface area (Å²) in [6.07, 6.45) is -3.05. The Kier molecular flexibility index (Phi) is 2.59. The number of aliphatic hydroxyl groups is 1. The van der Waals surface area contributed by atoms with Gasteiger partial charge in [0, 0.05) is 6.42 Å². The van der Waals surface area contributed by atoms with Crippen LogP contribution < -0.4 is 0 Å². The van der Waals surface area contributed by atoms with E-state index in [-0.39, 0.29) is 0 Å². The lowest BCUT2D eigenvalue weighted by Gasteiger charge is -2.51. The van der Waals surface area contributed by atoms with Gasteiger partial charge in [0.25, 0.3) is 0 Å². The van der Waals surface area contributed by atoms with Gasteiger partial charge in [-0.2, -0.15) is 0 Å². The van der Waals surface area contributed by atoms with Gasteiger partial charge in [0.05, 0.1) is 6.10 Å². The lowest BCUT2D eigenvalue weighted by Crippen LogP contribution is -2.75. The van der Waals surface area contributed by atoms with E-state index in [4.69, 9.17) is 20.4 Å². The molecule has 1 fully saturated rings. The Morgan fingerprint density at radius 2 is 1.18 bits per heavy atom. The van der Waals surface area contributed by atoms with Crippen molar-refractivity contribution in [1.29, 1.82) is 0 Å². The molecule has 0 spiro atoms. The number of aliphatic carboxylic acids is 4. The van der Waals surface area contributed by atoms with Gasteiger partial charge in [-0.1, -0.05) is 0 Å². The molecule has 0 aromatic carbocycles. The van der Waals surface area contributed by atoms with Crippen molar-refractivity contribution < 1.29 is 44.7 Å². The van der Waals surface area contributed by atoms with Crippen molar-refractivity contribution in [3.05, 3.63) is 0 Å². The molecule has 9 nitrogen and oxygen atoms in total. The Morgan fingerprint density at radius 3 is 1.29 bits per heavy atom. The minimum Gasteiger partial charge on any atom is -0.480 e. The number of aliphatic hydroxyl groups excluding tert-OH is 1. The third-order valence-corrected chi connectivity index (χ3v) is 3.08. The van der Waals surface area contributed by atoms with E-state index in [2.05, 4.69) is 0 Å². The second-order valence-corrected chi connectivity index (χ2v) is 3.65. The number of carboxylic acid groups (broad SMARTS) is 4. The van der Waals surface area contributed by atoms with E-state index in [1.54, 1.807) is 0 Å². The molecule has 1 aliphatic rings. The summed E-state index contributed by atoms with van der Waals surface area (Å²) in [5.74, 6) is -8.62. The van der Waals surface area contributed by atoms with Gasteiger partial charge in [-0.05, 0) is 0 Å². The highest BCUT2D eigenvalue weighted by Crippen LogP contribution is 2.57. The van der Waals surface area contributed by atoms with Gasteiger partial charge in [-0.15, -0.1) is 0 Å². The number of rotatable bonds is 4. The molecule has 0 amide bonds. The van der Waals surface area contributed by atoms with Crippen LogP contribution in [-0.2, 0) is 19.2 Å². The largest absolute Gasteiger partial charge is 0.480 e. The van der Waals surface area contributed by atoms with Gasteiger partial charge in [0.2, 0.25) is 5.41 Å². The molecule has 17 heavy (non-hydrogen) atoms. The second kappa shape index (κ2) is 3.42. The zero-order chi connectivity index (χ0) is 13.6. The smallest absolute Gasteiger partial charge is 0.325 e. The summed E-state index contributed by atoms with van der Waals surface area (Å²) < 4.78 is 0. The van der Waals surface area contributed by atoms with Crippen LogP contribution in [0.2, 0.25) is 0 Å². The average molecular weight is 248 g/mol. The van der Waals surface area contributed by atoms with Gasteiger partial charge in [-0.3, -0.25) is 19.2 Å². The molecule has 9 heteroatoms. The summed E-state index contributed by atoms with van der Waals surface area (Å²) in [6.45, 7) is 0. The maximum Gasteiger partial charge on any atom is 0.325 e. The molecule has 0 heterocycles. The number of hydrogen-bond acceptors (Lipinski definition) is 5. The molecule has 1 atom stereocenters. The fraction of sp³-hybridized carbons (Fsp3) is 0.500. The summed E-state index contributed by atoms with van der Waals surface area (Å²) in [4.78, 5) is 43.6. The predicted molar refractivity (Wildman–Crippen MR) is 46.0 cm³/mol. The van der Waals surface area contributed by atoms with Gasteiger partial charge < -0.3 is 25.5 Å². The summed E-state index contributed by atoms with van der Waals surface area (Å²) in [5.41, 5.74) is -6.34. The molecule has 1 saturated carbocycles. The van der Waals surface area contributed by atoms with Crippen molar-refractivity contribution >= 4 is 23.9 Å². The topological polar surface area (TPSA) is 169 Å². The molecular weight excluding hydrogens is 240 g/mol.